The number of nitrogen functional groups attached to an aromatic ring is 1. The van der Waals surface area contributed by atoms with Crippen molar-refractivity contribution < 1.29 is 19.1 Å². The average Bonchev–Trinajstić information content (AvgIpc) is 2.78. The van der Waals surface area contributed by atoms with Crippen molar-refractivity contribution in [3.05, 3.63) is 41.5 Å². The summed E-state index contributed by atoms with van der Waals surface area (Å²) in [5.41, 5.74) is 7.61. The van der Waals surface area contributed by atoms with Gasteiger partial charge >= 0.3 is 5.97 Å². The normalized spacial score (nSPS) is 18.3. The second-order valence-corrected chi connectivity index (χ2v) is 7.19. The molecular weight excluding hydrogens is 386 g/mol. The molecular formula is C21H25N5O4. The smallest absolute Gasteiger partial charge is 0.308 e. The van der Waals surface area contributed by atoms with E-state index in [1.165, 1.54) is 14.2 Å². The van der Waals surface area contributed by atoms with Crippen LogP contribution in [-0.4, -0.2) is 48.2 Å². The Morgan fingerprint density at radius 2 is 1.77 bits per heavy atom. The van der Waals surface area contributed by atoms with Crippen LogP contribution < -0.4 is 15.8 Å². The van der Waals surface area contributed by atoms with Crippen LogP contribution in [0.25, 0.3) is 11.3 Å². The van der Waals surface area contributed by atoms with E-state index in [0.29, 0.717) is 36.9 Å². The molecule has 0 atom stereocenters. The Bertz CT molecular complexity index is 937. The quantitative estimate of drug-likeness (QED) is 0.374. The number of rotatable bonds is 6. The van der Waals surface area contributed by atoms with E-state index in [1.54, 1.807) is 30.3 Å². The first kappa shape index (κ1) is 21.2. The Balaban J connectivity index is 1.74. The summed E-state index contributed by atoms with van der Waals surface area (Å²) in [4.78, 5) is 24.6. The summed E-state index contributed by atoms with van der Waals surface area (Å²) in [6.07, 6.45) is 2.76. The van der Waals surface area contributed by atoms with Crippen LogP contribution in [0.1, 0.15) is 41.6 Å². The highest BCUT2D eigenvalue weighted by molar-refractivity contribution is 5.98. The van der Waals surface area contributed by atoms with Gasteiger partial charge in [0.15, 0.2) is 0 Å². The summed E-state index contributed by atoms with van der Waals surface area (Å²) < 4.78 is 10.0. The van der Waals surface area contributed by atoms with Crippen molar-refractivity contribution in [2.75, 3.05) is 14.2 Å². The summed E-state index contributed by atoms with van der Waals surface area (Å²) in [6.45, 7) is 0. The molecule has 1 aliphatic carbocycles. The molecule has 9 nitrogen and oxygen atoms in total. The third-order valence-electron chi connectivity index (χ3n) is 5.29. The van der Waals surface area contributed by atoms with Crippen molar-refractivity contribution in [2.45, 2.75) is 31.7 Å². The second kappa shape index (κ2) is 9.34. The van der Waals surface area contributed by atoms with Crippen molar-refractivity contribution in [3.63, 3.8) is 0 Å². The van der Waals surface area contributed by atoms with Crippen LogP contribution in [-0.2, 0) is 9.53 Å². The number of methoxy groups -OCH3 is 2. The molecule has 1 aliphatic rings. The van der Waals surface area contributed by atoms with Gasteiger partial charge in [0.25, 0.3) is 5.91 Å². The van der Waals surface area contributed by atoms with E-state index < -0.39 is 0 Å². The third kappa shape index (κ3) is 4.73. The predicted molar refractivity (Wildman–Crippen MR) is 110 cm³/mol. The Morgan fingerprint density at radius 1 is 1.10 bits per heavy atom. The van der Waals surface area contributed by atoms with Crippen LogP contribution >= 0.6 is 0 Å². The summed E-state index contributed by atoms with van der Waals surface area (Å²) in [6, 6.07) is 8.55. The summed E-state index contributed by atoms with van der Waals surface area (Å²) >= 11 is 0. The lowest BCUT2D eigenvalue weighted by Gasteiger charge is -2.27. The summed E-state index contributed by atoms with van der Waals surface area (Å²) in [5.74, 6) is -0.487. The Labute approximate surface area is 174 Å². The van der Waals surface area contributed by atoms with Gasteiger partial charge in [-0.15, -0.1) is 10.2 Å². The van der Waals surface area contributed by atoms with Gasteiger partial charge in [-0.1, -0.05) is 24.3 Å². The number of amidine groups is 1. The number of aromatic nitrogens is 2. The molecule has 158 valence electrons. The highest BCUT2D eigenvalue weighted by Crippen LogP contribution is 2.27. The van der Waals surface area contributed by atoms with Gasteiger partial charge in [-0.2, -0.15) is 0 Å². The summed E-state index contributed by atoms with van der Waals surface area (Å²) in [7, 11) is 2.83. The first-order chi connectivity index (χ1) is 14.4. The molecule has 1 fully saturated rings. The molecule has 0 aliphatic heterocycles. The van der Waals surface area contributed by atoms with E-state index >= 15 is 0 Å². The Hall–Kier alpha value is -3.49. The van der Waals surface area contributed by atoms with Crippen LogP contribution in [0, 0.1) is 11.3 Å². The molecule has 30 heavy (non-hydrogen) atoms. The van der Waals surface area contributed by atoms with Crippen LogP contribution in [0.5, 0.6) is 5.88 Å². The number of hydrogen-bond donors (Lipinski definition) is 3. The highest BCUT2D eigenvalue weighted by Gasteiger charge is 2.28. The van der Waals surface area contributed by atoms with Crippen LogP contribution in [0.3, 0.4) is 0 Å². The zero-order valence-corrected chi connectivity index (χ0v) is 17.0. The largest absolute Gasteiger partial charge is 0.479 e. The fourth-order valence-corrected chi connectivity index (χ4v) is 3.56. The van der Waals surface area contributed by atoms with Gasteiger partial charge in [0.05, 0.1) is 25.8 Å². The number of nitrogens with zero attached hydrogens (tertiary/aromatic N) is 2. The number of carbonyl (C=O) groups excluding carboxylic acids is 2. The Morgan fingerprint density at radius 3 is 2.33 bits per heavy atom. The molecule has 2 aromatic rings. The van der Waals surface area contributed by atoms with E-state index in [1.807, 2.05) is 0 Å². The maximum atomic E-state index is 12.9. The van der Waals surface area contributed by atoms with Gasteiger partial charge in [-0.25, -0.2) is 0 Å². The molecule has 1 aromatic heterocycles. The van der Waals surface area contributed by atoms with E-state index in [0.717, 1.165) is 5.56 Å². The average molecular weight is 411 g/mol. The molecule has 3 rings (SSSR count). The molecule has 0 radical (unpaired) electrons. The van der Waals surface area contributed by atoms with Gasteiger partial charge in [-0.3, -0.25) is 15.0 Å². The van der Waals surface area contributed by atoms with Crippen molar-refractivity contribution in [2.24, 2.45) is 11.7 Å². The van der Waals surface area contributed by atoms with E-state index in [4.69, 9.17) is 20.6 Å². The number of esters is 1. The maximum absolute atomic E-state index is 12.9. The van der Waals surface area contributed by atoms with Gasteiger partial charge in [-0.05, 0) is 31.7 Å². The van der Waals surface area contributed by atoms with Gasteiger partial charge in [0, 0.05) is 17.2 Å². The molecule has 1 heterocycles. The zero-order chi connectivity index (χ0) is 21.7. The minimum absolute atomic E-state index is 0.0237. The van der Waals surface area contributed by atoms with Gasteiger partial charge < -0.3 is 20.5 Å². The fourth-order valence-electron chi connectivity index (χ4n) is 3.56. The molecule has 1 amide bonds. The van der Waals surface area contributed by atoms with Crippen LogP contribution in [0.2, 0.25) is 0 Å². The number of benzene rings is 1. The number of carbonyl (C=O) groups is 2. The van der Waals surface area contributed by atoms with Crippen molar-refractivity contribution in [1.82, 2.24) is 15.5 Å². The molecule has 1 saturated carbocycles. The SMILES string of the molecule is COc1nnc(-c2ccc(C(=N)N)cc2)cc1C(=O)N[C@H]1CC[C@H](C(=O)OC)CC1. The second-order valence-electron chi connectivity index (χ2n) is 7.19. The van der Waals surface area contributed by atoms with Crippen LogP contribution in [0.15, 0.2) is 30.3 Å². The highest BCUT2D eigenvalue weighted by atomic mass is 16.5. The lowest BCUT2D eigenvalue weighted by Crippen LogP contribution is -2.39. The topological polar surface area (TPSA) is 140 Å². The van der Waals surface area contributed by atoms with Crippen molar-refractivity contribution >= 4 is 17.7 Å². The zero-order valence-electron chi connectivity index (χ0n) is 17.0. The van der Waals surface area contributed by atoms with Gasteiger partial charge in [0.2, 0.25) is 5.88 Å². The molecule has 1 aromatic carbocycles. The standard InChI is InChI=1S/C21H25N5O4/c1-29-20-16(19(27)24-15-9-7-14(8-10-15)21(28)30-2)11-17(25-26-20)12-3-5-13(6-4-12)18(22)23/h3-6,11,14-15H,7-10H2,1-2H3,(H3,22,23)(H,24,27)/t14-,15-. The van der Waals surface area contributed by atoms with Crippen molar-refractivity contribution in [3.8, 4) is 17.1 Å². The first-order valence-corrected chi connectivity index (χ1v) is 9.68. The lowest BCUT2D eigenvalue weighted by atomic mass is 9.86. The molecule has 0 bridgehead atoms. The molecule has 0 unspecified atom stereocenters. The summed E-state index contributed by atoms with van der Waals surface area (Å²) in [5, 5.41) is 18.6. The number of ether oxygens (including phenoxy) is 2. The monoisotopic (exact) mass is 411 g/mol. The van der Waals surface area contributed by atoms with E-state index in [9.17, 15) is 9.59 Å². The maximum Gasteiger partial charge on any atom is 0.308 e. The number of nitrogens with one attached hydrogen (secondary N) is 2. The Kier molecular flexibility index (Phi) is 6.61. The number of amides is 1. The van der Waals surface area contributed by atoms with Crippen LogP contribution in [0.4, 0.5) is 0 Å². The third-order valence-corrected chi connectivity index (χ3v) is 5.29. The molecule has 0 spiro atoms. The van der Waals surface area contributed by atoms with Gasteiger partial charge in [0.1, 0.15) is 11.4 Å². The minimum atomic E-state index is -0.301. The first-order valence-electron chi connectivity index (χ1n) is 9.68. The molecule has 0 saturated heterocycles. The number of nitrogens with two attached hydrogens (primary N) is 1. The molecule has 9 heteroatoms. The molecule has 4 N–H and O–H groups in total. The fraction of sp³-hybridized carbons (Fsp3) is 0.381. The van der Waals surface area contributed by atoms with E-state index in [2.05, 4.69) is 15.5 Å². The minimum Gasteiger partial charge on any atom is -0.479 e. The predicted octanol–water partition coefficient (Wildman–Crippen LogP) is 1.90. The number of hydrogen-bond acceptors (Lipinski definition) is 7. The lowest BCUT2D eigenvalue weighted by molar-refractivity contribution is -0.146. The van der Waals surface area contributed by atoms with Crippen molar-refractivity contribution in [1.29, 1.82) is 5.41 Å². The van der Waals surface area contributed by atoms with E-state index in [-0.39, 0.29) is 41.1 Å².